The molecule has 0 saturated heterocycles. The number of ether oxygens (including phenoxy) is 1. The Kier molecular flexibility index (Phi) is 2.91. The molecule has 0 aliphatic rings. The van der Waals surface area contributed by atoms with E-state index in [-0.39, 0.29) is 0 Å². The Bertz CT molecular complexity index is 752. The van der Waals surface area contributed by atoms with Crippen LogP contribution in [0.3, 0.4) is 0 Å². The van der Waals surface area contributed by atoms with Gasteiger partial charge in [0.2, 0.25) is 0 Å². The van der Waals surface area contributed by atoms with Gasteiger partial charge >= 0.3 is 0 Å². The van der Waals surface area contributed by atoms with Crippen molar-refractivity contribution >= 4 is 27.1 Å². The predicted octanol–water partition coefficient (Wildman–Crippen LogP) is 3.35. The fraction of sp³-hybridized carbons (Fsp3) is 0.0714. The summed E-state index contributed by atoms with van der Waals surface area (Å²) in [5.74, 6) is 1.63. The molecule has 19 heavy (non-hydrogen) atoms. The van der Waals surface area contributed by atoms with Crippen molar-refractivity contribution < 1.29 is 4.74 Å². The maximum absolute atomic E-state index is 5.99. The molecule has 0 spiro atoms. The molecular weight excluding hydrogens is 306 g/mol. The van der Waals surface area contributed by atoms with Gasteiger partial charge in [-0.15, -0.1) is 0 Å². The number of hydrogen-bond acceptors (Lipinski definition) is 3. The number of nitrogen functional groups attached to an aromatic ring is 1. The van der Waals surface area contributed by atoms with Crippen LogP contribution in [-0.2, 0) is 0 Å². The lowest BCUT2D eigenvalue weighted by atomic mass is 10.2. The molecule has 3 aromatic rings. The third-order valence-corrected chi connectivity index (χ3v) is 3.53. The third kappa shape index (κ3) is 1.96. The van der Waals surface area contributed by atoms with Gasteiger partial charge < -0.3 is 10.5 Å². The van der Waals surface area contributed by atoms with Crippen molar-refractivity contribution in [1.82, 2.24) is 9.38 Å². The topological polar surface area (TPSA) is 52.5 Å². The van der Waals surface area contributed by atoms with Crippen LogP contribution >= 0.6 is 15.9 Å². The zero-order valence-corrected chi connectivity index (χ0v) is 11.9. The molecule has 3 rings (SSSR count). The number of rotatable bonds is 2. The zero-order chi connectivity index (χ0) is 13.4. The summed E-state index contributed by atoms with van der Waals surface area (Å²) in [4.78, 5) is 4.54. The van der Waals surface area contributed by atoms with Gasteiger partial charge in [-0.2, -0.15) is 0 Å². The Morgan fingerprint density at radius 3 is 2.89 bits per heavy atom. The standard InChI is InChI=1S/C14H12BrN3O/c1-19-10-5-2-4-9(8-10)14-17-13(15)12-11(16)6-3-7-18(12)14/h2-8H,16H2,1H3. The molecule has 2 N–H and O–H groups in total. The highest BCUT2D eigenvalue weighted by molar-refractivity contribution is 9.10. The van der Waals surface area contributed by atoms with E-state index in [1.54, 1.807) is 7.11 Å². The molecular formula is C14H12BrN3O. The van der Waals surface area contributed by atoms with Crippen molar-refractivity contribution in [3.63, 3.8) is 0 Å². The number of fused-ring (bicyclic) bond motifs is 1. The Hall–Kier alpha value is -2.01. The average molecular weight is 318 g/mol. The van der Waals surface area contributed by atoms with Crippen LogP contribution in [0.4, 0.5) is 5.69 Å². The van der Waals surface area contributed by atoms with Gasteiger partial charge in [0, 0.05) is 11.8 Å². The molecule has 2 heterocycles. The second kappa shape index (κ2) is 4.59. The maximum Gasteiger partial charge on any atom is 0.146 e. The third-order valence-electron chi connectivity index (χ3n) is 2.98. The Labute approximate surface area is 119 Å². The smallest absolute Gasteiger partial charge is 0.146 e. The van der Waals surface area contributed by atoms with Crippen LogP contribution in [0.1, 0.15) is 0 Å². The van der Waals surface area contributed by atoms with Crippen molar-refractivity contribution in [3.05, 3.63) is 47.2 Å². The first-order chi connectivity index (χ1) is 9.20. The van der Waals surface area contributed by atoms with Crippen LogP contribution in [0.25, 0.3) is 16.9 Å². The monoisotopic (exact) mass is 317 g/mol. The van der Waals surface area contributed by atoms with E-state index in [4.69, 9.17) is 10.5 Å². The first-order valence-corrected chi connectivity index (χ1v) is 6.56. The number of hydrogen-bond donors (Lipinski definition) is 1. The molecule has 0 amide bonds. The van der Waals surface area contributed by atoms with Gasteiger partial charge in [0.15, 0.2) is 0 Å². The SMILES string of the molecule is COc1cccc(-c2nc(Br)c3c(N)cccn23)c1. The van der Waals surface area contributed by atoms with Gasteiger partial charge in [0.1, 0.15) is 21.7 Å². The lowest BCUT2D eigenvalue weighted by molar-refractivity contribution is 0.415. The highest BCUT2D eigenvalue weighted by atomic mass is 79.9. The minimum atomic E-state index is 0.691. The molecule has 1 aromatic carbocycles. The molecule has 4 nitrogen and oxygen atoms in total. The number of pyridine rings is 1. The van der Waals surface area contributed by atoms with Crippen LogP contribution in [-0.4, -0.2) is 16.5 Å². The molecule has 5 heteroatoms. The lowest BCUT2D eigenvalue weighted by Crippen LogP contribution is -1.93. The van der Waals surface area contributed by atoms with Gasteiger partial charge in [-0.1, -0.05) is 12.1 Å². The summed E-state index contributed by atoms with van der Waals surface area (Å²) in [5, 5.41) is 0. The van der Waals surface area contributed by atoms with E-state index in [0.717, 1.165) is 27.3 Å². The molecule has 96 valence electrons. The number of nitrogens with zero attached hydrogens (tertiary/aromatic N) is 2. The lowest BCUT2D eigenvalue weighted by Gasteiger charge is -2.04. The average Bonchev–Trinajstić information content (AvgIpc) is 2.78. The summed E-state index contributed by atoms with van der Waals surface area (Å²) < 4.78 is 7.95. The van der Waals surface area contributed by atoms with E-state index < -0.39 is 0 Å². The van der Waals surface area contributed by atoms with E-state index in [9.17, 15) is 0 Å². The van der Waals surface area contributed by atoms with Crippen LogP contribution < -0.4 is 10.5 Å². The van der Waals surface area contributed by atoms with Crippen LogP contribution in [0.2, 0.25) is 0 Å². The second-order valence-corrected chi connectivity index (χ2v) is 4.89. The number of imidazole rings is 1. The molecule has 0 aliphatic heterocycles. The minimum absolute atomic E-state index is 0.691. The first kappa shape index (κ1) is 12.0. The van der Waals surface area contributed by atoms with Gasteiger partial charge in [-0.3, -0.25) is 4.40 Å². The molecule has 0 atom stereocenters. The molecule has 0 aliphatic carbocycles. The maximum atomic E-state index is 5.99. The minimum Gasteiger partial charge on any atom is -0.497 e. The number of methoxy groups -OCH3 is 1. The molecule has 2 aromatic heterocycles. The summed E-state index contributed by atoms with van der Waals surface area (Å²) in [7, 11) is 1.65. The summed E-state index contributed by atoms with van der Waals surface area (Å²) >= 11 is 3.46. The van der Waals surface area contributed by atoms with Crippen molar-refractivity contribution in [2.24, 2.45) is 0 Å². The van der Waals surface area contributed by atoms with Gasteiger partial charge in [-0.05, 0) is 40.2 Å². The summed E-state index contributed by atoms with van der Waals surface area (Å²) in [6.07, 6.45) is 1.94. The van der Waals surface area contributed by atoms with E-state index in [0.29, 0.717) is 5.69 Å². The van der Waals surface area contributed by atoms with Crippen molar-refractivity contribution in [3.8, 4) is 17.1 Å². The molecule has 0 saturated carbocycles. The van der Waals surface area contributed by atoms with Gasteiger partial charge in [0.25, 0.3) is 0 Å². The van der Waals surface area contributed by atoms with E-state index >= 15 is 0 Å². The molecule has 0 fully saturated rings. The molecule has 0 radical (unpaired) electrons. The van der Waals surface area contributed by atoms with Crippen LogP contribution in [0, 0.1) is 0 Å². The Balaban J connectivity index is 2.28. The molecule has 0 bridgehead atoms. The second-order valence-electron chi connectivity index (χ2n) is 4.14. The normalized spacial score (nSPS) is 10.8. The van der Waals surface area contributed by atoms with Crippen molar-refractivity contribution in [2.75, 3.05) is 12.8 Å². The van der Waals surface area contributed by atoms with Gasteiger partial charge in [-0.25, -0.2) is 4.98 Å². The summed E-state index contributed by atoms with van der Waals surface area (Å²) in [6.45, 7) is 0. The number of halogens is 1. The quantitative estimate of drug-likeness (QED) is 0.788. The highest BCUT2D eigenvalue weighted by Crippen LogP contribution is 2.30. The zero-order valence-electron chi connectivity index (χ0n) is 10.3. The fourth-order valence-electron chi connectivity index (χ4n) is 2.09. The number of anilines is 1. The molecule has 0 unspecified atom stereocenters. The Morgan fingerprint density at radius 2 is 2.11 bits per heavy atom. The summed E-state index contributed by atoms with van der Waals surface area (Å²) in [6, 6.07) is 11.5. The highest BCUT2D eigenvalue weighted by Gasteiger charge is 2.13. The van der Waals surface area contributed by atoms with Gasteiger partial charge in [0.05, 0.1) is 12.8 Å². The van der Waals surface area contributed by atoms with E-state index in [1.807, 2.05) is 47.0 Å². The van der Waals surface area contributed by atoms with Crippen LogP contribution in [0.5, 0.6) is 5.75 Å². The summed E-state index contributed by atoms with van der Waals surface area (Å²) in [5.41, 5.74) is 8.53. The van der Waals surface area contributed by atoms with E-state index in [2.05, 4.69) is 20.9 Å². The number of benzene rings is 1. The fourth-order valence-corrected chi connectivity index (χ4v) is 2.67. The van der Waals surface area contributed by atoms with Crippen molar-refractivity contribution in [1.29, 1.82) is 0 Å². The number of aromatic nitrogens is 2. The largest absolute Gasteiger partial charge is 0.497 e. The van der Waals surface area contributed by atoms with Crippen molar-refractivity contribution in [2.45, 2.75) is 0 Å². The Morgan fingerprint density at radius 1 is 1.26 bits per heavy atom. The van der Waals surface area contributed by atoms with E-state index in [1.165, 1.54) is 0 Å². The number of nitrogens with two attached hydrogens (primary N) is 1. The predicted molar refractivity (Wildman–Crippen MR) is 79.3 cm³/mol. The van der Waals surface area contributed by atoms with Crippen LogP contribution in [0.15, 0.2) is 47.2 Å². The first-order valence-electron chi connectivity index (χ1n) is 5.77.